The quantitative estimate of drug-likeness (QED) is 0.669. The molecular weight excluding hydrogens is 216 g/mol. The van der Waals surface area contributed by atoms with Gasteiger partial charge in [0.05, 0.1) is 0 Å². The molecule has 0 saturated heterocycles. The Kier molecular flexibility index (Phi) is 3.45. The Bertz CT molecular complexity index is 475. The molecule has 0 nitrogen and oxygen atoms in total. The van der Waals surface area contributed by atoms with Crippen molar-refractivity contribution < 1.29 is 0 Å². The van der Waals surface area contributed by atoms with Gasteiger partial charge in [-0.15, -0.1) is 0 Å². The molecule has 3 rings (SSSR count). The van der Waals surface area contributed by atoms with E-state index in [1.807, 2.05) is 0 Å². The summed E-state index contributed by atoms with van der Waals surface area (Å²) in [7, 11) is 0. The summed E-state index contributed by atoms with van der Waals surface area (Å²) in [5, 5.41) is 0. The molecule has 0 N–H and O–H groups in total. The zero-order chi connectivity index (χ0) is 12.2. The second-order valence-electron chi connectivity index (χ2n) is 5.13. The Hall–Kier alpha value is -1.56. The van der Waals surface area contributed by atoms with E-state index in [1.165, 1.54) is 42.4 Å². The molecule has 18 heavy (non-hydrogen) atoms. The van der Waals surface area contributed by atoms with Gasteiger partial charge in [-0.1, -0.05) is 54.6 Å². The summed E-state index contributed by atoms with van der Waals surface area (Å²) < 4.78 is 0. The molecule has 0 aromatic heterocycles. The summed E-state index contributed by atoms with van der Waals surface area (Å²) >= 11 is 0. The van der Waals surface area contributed by atoms with Crippen molar-refractivity contribution in [2.45, 2.75) is 31.6 Å². The Morgan fingerprint density at radius 1 is 0.667 bits per heavy atom. The van der Waals surface area contributed by atoms with Crippen LogP contribution in [0, 0.1) is 6.42 Å². The molecule has 1 radical (unpaired) electrons. The monoisotopic (exact) mass is 235 g/mol. The van der Waals surface area contributed by atoms with Gasteiger partial charge in [0.2, 0.25) is 0 Å². The summed E-state index contributed by atoms with van der Waals surface area (Å²) in [6.45, 7) is 0. The van der Waals surface area contributed by atoms with Crippen LogP contribution in [0.3, 0.4) is 0 Å². The molecule has 1 aliphatic carbocycles. The predicted molar refractivity (Wildman–Crippen MR) is 77.4 cm³/mol. The van der Waals surface area contributed by atoms with Crippen LogP contribution in [0.15, 0.2) is 54.6 Å². The van der Waals surface area contributed by atoms with E-state index in [2.05, 4.69) is 61.0 Å². The molecule has 2 aromatic carbocycles. The van der Waals surface area contributed by atoms with Crippen molar-refractivity contribution in [2.75, 3.05) is 0 Å². The maximum atomic E-state index is 2.43. The van der Waals surface area contributed by atoms with Crippen LogP contribution in [0.2, 0.25) is 0 Å². The van der Waals surface area contributed by atoms with Crippen LogP contribution in [0.1, 0.15) is 37.2 Å². The first-order valence-corrected chi connectivity index (χ1v) is 6.90. The van der Waals surface area contributed by atoms with E-state index in [9.17, 15) is 0 Å². The van der Waals surface area contributed by atoms with Gasteiger partial charge in [0.25, 0.3) is 0 Å². The highest BCUT2D eigenvalue weighted by molar-refractivity contribution is 5.63. The molecule has 2 aromatic rings. The molecule has 0 bridgehead atoms. The summed E-state index contributed by atoms with van der Waals surface area (Å²) in [4.78, 5) is 0. The molecule has 0 amide bonds. The van der Waals surface area contributed by atoms with Gasteiger partial charge in [0.1, 0.15) is 0 Å². The average molecular weight is 235 g/mol. The van der Waals surface area contributed by atoms with Crippen LogP contribution in [-0.4, -0.2) is 0 Å². The highest BCUT2D eigenvalue weighted by Gasteiger charge is 2.15. The topological polar surface area (TPSA) is 0 Å². The van der Waals surface area contributed by atoms with Crippen molar-refractivity contribution in [3.63, 3.8) is 0 Å². The Balaban J connectivity index is 1.80. The number of benzene rings is 2. The highest BCUT2D eigenvalue weighted by atomic mass is 14.2. The van der Waals surface area contributed by atoms with E-state index < -0.39 is 0 Å². The van der Waals surface area contributed by atoms with Gasteiger partial charge in [-0.05, 0) is 54.7 Å². The molecule has 1 aliphatic rings. The first kappa shape index (κ1) is 11.5. The third-order valence-corrected chi connectivity index (χ3v) is 3.93. The minimum atomic E-state index is 0.778. The molecule has 1 saturated carbocycles. The van der Waals surface area contributed by atoms with E-state index in [-0.39, 0.29) is 0 Å². The largest absolute Gasteiger partial charge is 0.0622 e. The Labute approximate surface area is 110 Å². The lowest BCUT2D eigenvalue weighted by molar-refractivity contribution is 0.512. The van der Waals surface area contributed by atoms with Gasteiger partial charge in [-0.2, -0.15) is 0 Å². The van der Waals surface area contributed by atoms with Crippen LogP contribution < -0.4 is 0 Å². The average Bonchev–Trinajstić information content (AvgIpc) is 2.49. The zero-order valence-corrected chi connectivity index (χ0v) is 10.7. The molecule has 0 heteroatoms. The molecule has 0 atom stereocenters. The third-order valence-electron chi connectivity index (χ3n) is 3.93. The zero-order valence-electron chi connectivity index (χ0n) is 10.7. The lowest BCUT2D eigenvalue weighted by Crippen LogP contribution is -2.04. The molecule has 0 unspecified atom stereocenters. The second kappa shape index (κ2) is 5.39. The van der Waals surface area contributed by atoms with Crippen LogP contribution in [0.4, 0.5) is 0 Å². The second-order valence-corrected chi connectivity index (χ2v) is 5.13. The summed E-state index contributed by atoms with van der Waals surface area (Å²) in [6.07, 6.45) is 7.64. The maximum Gasteiger partial charge on any atom is -0.0162 e. The summed E-state index contributed by atoms with van der Waals surface area (Å²) in [5.41, 5.74) is 4.14. The highest BCUT2D eigenvalue weighted by Crippen LogP contribution is 2.33. The summed E-state index contributed by atoms with van der Waals surface area (Å²) in [5.74, 6) is 0.778. The van der Waals surface area contributed by atoms with Crippen molar-refractivity contribution in [1.29, 1.82) is 0 Å². The number of hydrogen-bond acceptors (Lipinski definition) is 0. The predicted octanol–water partition coefficient (Wildman–Crippen LogP) is 5.22. The first-order valence-electron chi connectivity index (χ1n) is 6.90. The Morgan fingerprint density at radius 3 is 1.94 bits per heavy atom. The lowest BCUT2D eigenvalue weighted by Gasteiger charge is -2.21. The van der Waals surface area contributed by atoms with Gasteiger partial charge in [-0.3, -0.25) is 0 Å². The lowest BCUT2D eigenvalue weighted by atomic mass is 9.84. The fourth-order valence-corrected chi connectivity index (χ4v) is 2.84. The third kappa shape index (κ3) is 2.48. The SMILES string of the molecule is [CH]1CCC(c2ccc(-c3ccccc3)cc2)CC1. The van der Waals surface area contributed by atoms with Crippen molar-refractivity contribution in [3.8, 4) is 11.1 Å². The fourth-order valence-electron chi connectivity index (χ4n) is 2.84. The number of rotatable bonds is 2. The van der Waals surface area contributed by atoms with Crippen molar-refractivity contribution in [1.82, 2.24) is 0 Å². The molecule has 0 aliphatic heterocycles. The van der Waals surface area contributed by atoms with E-state index in [0.717, 1.165) is 5.92 Å². The van der Waals surface area contributed by atoms with Gasteiger partial charge < -0.3 is 0 Å². The van der Waals surface area contributed by atoms with Gasteiger partial charge >= 0.3 is 0 Å². The van der Waals surface area contributed by atoms with Crippen LogP contribution in [0.5, 0.6) is 0 Å². The van der Waals surface area contributed by atoms with Crippen LogP contribution >= 0.6 is 0 Å². The minimum absolute atomic E-state index is 0.778. The van der Waals surface area contributed by atoms with Crippen molar-refractivity contribution in [3.05, 3.63) is 66.6 Å². The molecular formula is C18H19. The Morgan fingerprint density at radius 2 is 1.28 bits per heavy atom. The van der Waals surface area contributed by atoms with Gasteiger partial charge in [0, 0.05) is 0 Å². The van der Waals surface area contributed by atoms with E-state index in [4.69, 9.17) is 0 Å². The molecule has 1 fully saturated rings. The fraction of sp³-hybridized carbons (Fsp3) is 0.278. The summed E-state index contributed by atoms with van der Waals surface area (Å²) in [6, 6.07) is 19.8. The van der Waals surface area contributed by atoms with Crippen LogP contribution in [0.25, 0.3) is 11.1 Å². The standard InChI is InChI=1S/C18H19/c1-3-7-15(8-4-1)17-11-13-18(14-12-17)16-9-5-2-6-10-16/h1-4,7-8,11-14,16H,5-6,9-10H2. The molecule has 0 spiro atoms. The minimum Gasteiger partial charge on any atom is -0.0622 e. The van der Waals surface area contributed by atoms with Gasteiger partial charge in [-0.25, -0.2) is 0 Å². The smallest absolute Gasteiger partial charge is 0.0162 e. The van der Waals surface area contributed by atoms with E-state index >= 15 is 0 Å². The number of hydrogen-bond donors (Lipinski definition) is 0. The van der Waals surface area contributed by atoms with E-state index in [1.54, 1.807) is 0 Å². The van der Waals surface area contributed by atoms with E-state index in [0.29, 0.717) is 0 Å². The maximum absolute atomic E-state index is 2.43. The normalized spacial score (nSPS) is 16.7. The van der Waals surface area contributed by atoms with Crippen molar-refractivity contribution in [2.24, 2.45) is 0 Å². The first-order chi connectivity index (χ1) is 8.93. The van der Waals surface area contributed by atoms with Gasteiger partial charge in [0.15, 0.2) is 0 Å². The van der Waals surface area contributed by atoms with Crippen LogP contribution in [-0.2, 0) is 0 Å². The van der Waals surface area contributed by atoms with Crippen molar-refractivity contribution >= 4 is 0 Å². The molecule has 0 heterocycles. The molecule has 91 valence electrons.